The van der Waals surface area contributed by atoms with Crippen molar-refractivity contribution >= 4 is 33.2 Å². The second-order valence-corrected chi connectivity index (χ2v) is 13.4. The molecule has 1 N–H and O–H groups in total. The van der Waals surface area contributed by atoms with Crippen molar-refractivity contribution in [1.29, 1.82) is 0 Å². The molecule has 0 bridgehead atoms. The number of hydrogen-bond donors (Lipinski definition) is 1. The Balaban J connectivity index is 1.00. The van der Waals surface area contributed by atoms with Gasteiger partial charge in [-0.05, 0) is 54.0 Å². The van der Waals surface area contributed by atoms with Gasteiger partial charge in [0.2, 0.25) is 27.6 Å². The van der Waals surface area contributed by atoms with Crippen molar-refractivity contribution in [1.82, 2.24) is 39.7 Å². The van der Waals surface area contributed by atoms with Gasteiger partial charge in [0, 0.05) is 32.1 Å². The van der Waals surface area contributed by atoms with Crippen molar-refractivity contribution in [2.45, 2.75) is 55.9 Å². The zero-order chi connectivity index (χ0) is 31.8. The van der Waals surface area contributed by atoms with E-state index in [2.05, 4.69) is 25.2 Å². The van der Waals surface area contributed by atoms with Crippen LogP contribution in [-0.2, 0) is 45.7 Å². The fraction of sp³-hybridized carbons (Fsp3) is 0.407. The van der Waals surface area contributed by atoms with E-state index in [0.29, 0.717) is 53.7 Å². The summed E-state index contributed by atoms with van der Waals surface area (Å²) in [6.07, 6.45) is -2.03. The normalized spacial score (nSPS) is 16.2. The van der Waals surface area contributed by atoms with Crippen LogP contribution in [0.2, 0.25) is 0 Å². The van der Waals surface area contributed by atoms with E-state index in [1.165, 1.54) is 40.4 Å². The molecule has 4 aromatic rings. The standard InChI is InChI=1S/C27H27F3N8O5S2/c28-27(29,30)26(40)37-10-5-17-3-4-21(12-19(17)14-37)45(41,42)31-13-20-15-38(35-33-20)16-23(39)36-8-6-18(7-9-36)25-32-24(34-43-25)22-2-1-11-44-22/h1-4,11-12,15,18,31H,5-10,13-14,16H2. The van der Waals surface area contributed by atoms with Gasteiger partial charge >= 0.3 is 12.1 Å². The summed E-state index contributed by atoms with van der Waals surface area (Å²) >= 11 is 1.53. The zero-order valence-corrected chi connectivity index (χ0v) is 25.2. The molecule has 13 nitrogen and oxygen atoms in total. The number of rotatable bonds is 8. The molecule has 1 saturated heterocycles. The molecule has 0 saturated carbocycles. The summed E-state index contributed by atoms with van der Waals surface area (Å²) in [6.45, 7) is 0.254. The molecule has 2 aliphatic heterocycles. The van der Waals surface area contributed by atoms with E-state index in [1.54, 1.807) is 4.90 Å². The number of aromatic nitrogens is 5. The van der Waals surface area contributed by atoms with Gasteiger partial charge in [-0.2, -0.15) is 18.2 Å². The third kappa shape index (κ3) is 6.91. The maximum atomic E-state index is 12.9. The van der Waals surface area contributed by atoms with E-state index < -0.39 is 22.1 Å². The van der Waals surface area contributed by atoms with Gasteiger partial charge in [-0.15, -0.1) is 16.4 Å². The molecule has 1 aromatic carbocycles. The fourth-order valence-electron chi connectivity index (χ4n) is 5.32. The largest absolute Gasteiger partial charge is 0.471 e. The van der Waals surface area contributed by atoms with Crippen molar-refractivity contribution in [3.63, 3.8) is 0 Å². The van der Waals surface area contributed by atoms with Gasteiger partial charge in [-0.3, -0.25) is 9.59 Å². The molecule has 18 heteroatoms. The van der Waals surface area contributed by atoms with Gasteiger partial charge in [0.25, 0.3) is 0 Å². The molecule has 1 fully saturated rings. The molecule has 0 aliphatic carbocycles. The third-order valence-electron chi connectivity index (χ3n) is 7.74. The molecule has 3 aromatic heterocycles. The van der Waals surface area contributed by atoms with Crippen LogP contribution >= 0.6 is 11.3 Å². The maximum Gasteiger partial charge on any atom is 0.471 e. The Morgan fingerprint density at radius 1 is 1.09 bits per heavy atom. The van der Waals surface area contributed by atoms with Gasteiger partial charge in [0.1, 0.15) is 6.54 Å². The molecular formula is C27H27F3N8O5S2. The summed E-state index contributed by atoms with van der Waals surface area (Å²) in [6, 6.07) is 8.01. The lowest BCUT2D eigenvalue weighted by Crippen LogP contribution is -2.43. The molecule has 0 unspecified atom stereocenters. The highest BCUT2D eigenvalue weighted by Gasteiger charge is 2.43. The lowest BCUT2D eigenvalue weighted by atomic mass is 9.97. The number of hydrogen-bond acceptors (Lipinski definition) is 10. The molecule has 2 amide bonds. The summed E-state index contributed by atoms with van der Waals surface area (Å²) in [5, 5.41) is 13.9. The number of halogens is 3. The maximum absolute atomic E-state index is 12.9. The van der Waals surface area contributed by atoms with Crippen LogP contribution in [0.1, 0.15) is 41.5 Å². The van der Waals surface area contributed by atoms with Crippen LogP contribution in [-0.4, -0.2) is 81.0 Å². The van der Waals surface area contributed by atoms with E-state index in [0.717, 1.165) is 4.88 Å². The number of piperidine rings is 1. The Kier molecular flexibility index (Phi) is 8.45. The van der Waals surface area contributed by atoms with Crippen LogP contribution in [0.25, 0.3) is 10.7 Å². The summed E-state index contributed by atoms with van der Waals surface area (Å²) in [5.74, 6) is -0.958. The smallest absolute Gasteiger partial charge is 0.341 e. The highest BCUT2D eigenvalue weighted by Crippen LogP contribution is 2.30. The topological polar surface area (TPSA) is 156 Å². The van der Waals surface area contributed by atoms with Gasteiger partial charge in [0.15, 0.2) is 0 Å². The minimum atomic E-state index is -5.01. The Morgan fingerprint density at radius 3 is 2.62 bits per heavy atom. The van der Waals surface area contributed by atoms with Crippen LogP contribution < -0.4 is 4.72 Å². The molecule has 6 rings (SSSR count). The average molecular weight is 665 g/mol. The number of thiophene rings is 1. The molecule has 5 heterocycles. The third-order valence-corrected chi connectivity index (χ3v) is 10.0. The SMILES string of the molecule is O=C(Cn1cc(CNS(=O)(=O)c2ccc3c(c2)CN(C(=O)C(F)(F)F)CC3)nn1)N1CCC(c2nc(-c3cccs3)no2)CC1. The molecule has 238 valence electrons. The van der Waals surface area contributed by atoms with E-state index >= 15 is 0 Å². The summed E-state index contributed by atoms with van der Waals surface area (Å²) in [7, 11) is -4.07. The first kappa shape index (κ1) is 30.8. The monoisotopic (exact) mass is 664 g/mol. The van der Waals surface area contributed by atoms with Crippen molar-refractivity contribution in [2.75, 3.05) is 19.6 Å². The molecule has 0 radical (unpaired) electrons. The molecule has 0 spiro atoms. The van der Waals surface area contributed by atoms with Crippen molar-refractivity contribution in [3.8, 4) is 10.7 Å². The highest BCUT2D eigenvalue weighted by molar-refractivity contribution is 7.89. The molecule has 2 aliphatic rings. The van der Waals surface area contributed by atoms with E-state index in [9.17, 15) is 31.2 Å². The van der Waals surface area contributed by atoms with Crippen LogP contribution in [0.3, 0.4) is 0 Å². The predicted molar refractivity (Wildman–Crippen MR) is 152 cm³/mol. The number of amides is 2. The van der Waals surface area contributed by atoms with E-state index in [4.69, 9.17) is 4.52 Å². The second kappa shape index (κ2) is 12.3. The van der Waals surface area contributed by atoms with Crippen molar-refractivity contribution < 1.29 is 35.7 Å². The quantitative estimate of drug-likeness (QED) is 0.299. The zero-order valence-electron chi connectivity index (χ0n) is 23.6. The van der Waals surface area contributed by atoms with E-state index in [-0.39, 0.29) is 55.0 Å². The summed E-state index contributed by atoms with van der Waals surface area (Å²) in [5.41, 5.74) is 1.27. The number of sulfonamides is 1. The lowest BCUT2D eigenvalue weighted by Gasteiger charge is -2.30. The molecule has 0 atom stereocenters. The number of nitrogens with one attached hydrogen (secondary N) is 1. The van der Waals surface area contributed by atoms with E-state index in [1.807, 2.05) is 17.5 Å². The van der Waals surface area contributed by atoms with Crippen LogP contribution in [0, 0.1) is 0 Å². The van der Waals surface area contributed by atoms with Crippen molar-refractivity contribution in [3.05, 3.63) is 64.6 Å². The first-order valence-corrected chi connectivity index (χ1v) is 16.3. The van der Waals surface area contributed by atoms with Gasteiger partial charge in [-0.25, -0.2) is 17.8 Å². The Bertz CT molecular complexity index is 1800. The molecule has 45 heavy (non-hydrogen) atoms. The predicted octanol–water partition coefficient (Wildman–Crippen LogP) is 2.72. The Hall–Kier alpha value is -4.16. The minimum absolute atomic E-state index is 0.0534. The average Bonchev–Trinajstić information content (AvgIpc) is 3.81. The number of benzene rings is 1. The minimum Gasteiger partial charge on any atom is -0.341 e. The highest BCUT2D eigenvalue weighted by atomic mass is 32.2. The molecular weight excluding hydrogens is 637 g/mol. The number of carbonyl (C=O) groups excluding carboxylic acids is 2. The number of fused-ring (bicyclic) bond motifs is 1. The van der Waals surface area contributed by atoms with Gasteiger partial charge in [0.05, 0.1) is 28.2 Å². The van der Waals surface area contributed by atoms with Crippen LogP contribution in [0.15, 0.2) is 51.3 Å². The number of carbonyl (C=O) groups is 2. The summed E-state index contributed by atoms with van der Waals surface area (Å²) in [4.78, 5) is 32.2. The number of alkyl halides is 3. The number of likely N-dealkylation sites (tertiary alicyclic amines) is 1. The number of nitrogens with zero attached hydrogens (tertiary/aromatic N) is 7. The second-order valence-electron chi connectivity index (χ2n) is 10.7. The Labute approximate surface area is 259 Å². The van der Waals surface area contributed by atoms with Gasteiger partial charge < -0.3 is 14.3 Å². The Morgan fingerprint density at radius 2 is 1.89 bits per heavy atom. The summed E-state index contributed by atoms with van der Waals surface area (Å²) < 4.78 is 73.7. The van der Waals surface area contributed by atoms with Crippen LogP contribution in [0.5, 0.6) is 0 Å². The van der Waals surface area contributed by atoms with Crippen LogP contribution in [0.4, 0.5) is 13.2 Å². The first-order chi connectivity index (χ1) is 21.5. The lowest BCUT2D eigenvalue weighted by molar-refractivity contribution is -0.186. The fourth-order valence-corrected chi connectivity index (χ4v) is 7.02. The van der Waals surface area contributed by atoms with Gasteiger partial charge in [-0.1, -0.05) is 22.5 Å². The first-order valence-electron chi connectivity index (χ1n) is 14.0. The van der Waals surface area contributed by atoms with Crippen molar-refractivity contribution in [2.24, 2.45) is 0 Å².